The van der Waals surface area contributed by atoms with Crippen LogP contribution < -0.4 is 10.0 Å². The summed E-state index contributed by atoms with van der Waals surface area (Å²) in [6, 6.07) is 25.0. The van der Waals surface area contributed by atoms with E-state index in [1.54, 1.807) is 24.3 Å². The average molecular weight is 409 g/mol. The number of anilines is 1. The first-order valence-electron chi connectivity index (χ1n) is 9.45. The molecule has 1 amide bonds. The number of amides is 1. The molecule has 0 bridgehead atoms. The van der Waals surface area contributed by atoms with Gasteiger partial charge < -0.3 is 5.32 Å². The first-order chi connectivity index (χ1) is 13.9. The van der Waals surface area contributed by atoms with Gasteiger partial charge in [0.05, 0.1) is 4.90 Å². The Labute approximate surface area is 171 Å². The van der Waals surface area contributed by atoms with E-state index in [2.05, 4.69) is 10.0 Å². The van der Waals surface area contributed by atoms with E-state index >= 15 is 0 Å². The van der Waals surface area contributed by atoms with Crippen LogP contribution in [-0.4, -0.2) is 14.3 Å². The number of nitrogens with one attached hydrogen (secondary N) is 2. The van der Waals surface area contributed by atoms with E-state index in [1.165, 1.54) is 0 Å². The molecule has 0 radical (unpaired) electrons. The molecule has 3 aromatic rings. The van der Waals surface area contributed by atoms with Gasteiger partial charge in [-0.1, -0.05) is 60.7 Å². The van der Waals surface area contributed by atoms with Gasteiger partial charge in [-0.15, -0.1) is 0 Å². The van der Waals surface area contributed by atoms with E-state index in [-0.39, 0.29) is 16.8 Å². The summed E-state index contributed by atoms with van der Waals surface area (Å²) in [5.41, 5.74) is 2.57. The summed E-state index contributed by atoms with van der Waals surface area (Å²) in [4.78, 5) is 12.3. The van der Waals surface area contributed by atoms with Gasteiger partial charge in [-0.2, -0.15) is 0 Å². The van der Waals surface area contributed by atoms with Gasteiger partial charge in [0.1, 0.15) is 0 Å². The Morgan fingerprint density at radius 3 is 2.07 bits per heavy atom. The molecule has 0 aliphatic carbocycles. The number of carbonyl (C=O) groups excluding carboxylic acids is 1. The number of carbonyl (C=O) groups is 1. The first kappa shape index (κ1) is 20.8. The Hall–Kier alpha value is -2.96. The Balaban J connectivity index is 1.57. The average Bonchev–Trinajstić information content (AvgIpc) is 2.73. The quantitative estimate of drug-likeness (QED) is 0.584. The molecule has 0 unspecified atom stereocenters. The van der Waals surface area contributed by atoms with Crippen molar-refractivity contribution in [2.75, 3.05) is 5.32 Å². The van der Waals surface area contributed by atoms with E-state index in [4.69, 9.17) is 0 Å². The molecular formula is C23H24N2O3S. The molecule has 0 aromatic heterocycles. The summed E-state index contributed by atoms with van der Waals surface area (Å²) in [6.07, 6.45) is 0.858. The standard InChI is InChI=1S/C23H24N2O3S/c1-18(20-8-4-2-5-9-20)25-29(27,28)22-15-12-19(13-16-22)14-17-23(26)24-21-10-6-3-7-11-21/h2-13,15-16,18,25H,14,17H2,1H3,(H,24,26)/t18-/m0/s1. The van der Waals surface area contributed by atoms with Gasteiger partial charge in [0.25, 0.3) is 0 Å². The Morgan fingerprint density at radius 2 is 1.45 bits per heavy atom. The zero-order valence-corrected chi connectivity index (χ0v) is 17.0. The minimum absolute atomic E-state index is 0.0775. The molecule has 0 saturated heterocycles. The smallest absolute Gasteiger partial charge is 0.241 e. The van der Waals surface area contributed by atoms with E-state index in [1.807, 2.05) is 67.6 Å². The highest BCUT2D eigenvalue weighted by molar-refractivity contribution is 7.89. The molecule has 3 aromatic carbocycles. The molecule has 5 nitrogen and oxygen atoms in total. The monoisotopic (exact) mass is 408 g/mol. The van der Waals surface area contributed by atoms with Crippen molar-refractivity contribution in [2.24, 2.45) is 0 Å². The van der Waals surface area contributed by atoms with Gasteiger partial charge in [0.15, 0.2) is 0 Å². The van der Waals surface area contributed by atoms with E-state index in [0.717, 1.165) is 16.8 Å². The predicted octanol–water partition coefficient (Wildman–Crippen LogP) is 4.30. The second-order valence-electron chi connectivity index (χ2n) is 6.81. The Bertz CT molecular complexity index is 1030. The lowest BCUT2D eigenvalue weighted by molar-refractivity contribution is -0.116. The fourth-order valence-electron chi connectivity index (χ4n) is 2.95. The van der Waals surface area contributed by atoms with E-state index in [0.29, 0.717) is 12.8 Å². The lowest BCUT2D eigenvalue weighted by atomic mass is 10.1. The second-order valence-corrected chi connectivity index (χ2v) is 8.53. The highest BCUT2D eigenvalue weighted by atomic mass is 32.2. The van der Waals surface area contributed by atoms with E-state index in [9.17, 15) is 13.2 Å². The molecule has 0 fully saturated rings. The van der Waals surface area contributed by atoms with Gasteiger partial charge >= 0.3 is 0 Å². The van der Waals surface area contributed by atoms with Gasteiger partial charge in [-0.25, -0.2) is 13.1 Å². The van der Waals surface area contributed by atoms with Crippen molar-refractivity contribution in [1.29, 1.82) is 0 Å². The third-order valence-electron chi connectivity index (χ3n) is 4.56. The Morgan fingerprint density at radius 1 is 0.862 bits per heavy atom. The van der Waals surface area contributed by atoms with Crippen LogP contribution in [0.5, 0.6) is 0 Å². The number of sulfonamides is 1. The van der Waals surface area contributed by atoms with Crippen LogP contribution in [0, 0.1) is 0 Å². The first-order valence-corrected chi connectivity index (χ1v) is 10.9. The fraction of sp³-hybridized carbons (Fsp3) is 0.174. The van der Waals surface area contributed by atoms with Crippen molar-refractivity contribution in [2.45, 2.75) is 30.7 Å². The zero-order valence-electron chi connectivity index (χ0n) is 16.2. The van der Waals surface area contributed by atoms with Crippen molar-refractivity contribution in [1.82, 2.24) is 4.72 Å². The maximum atomic E-state index is 12.6. The second kappa shape index (κ2) is 9.49. The summed E-state index contributed by atoms with van der Waals surface area (Å²) in [5, 5.41) is 2.84. The molecule has 0 saturated carbocycles. The Kier molecular flexibility index (Phi) is 6.80. The maximum Gasteiger partial charge on any atom is 0.241 e. The van der Waals surface area contributed by atoms with Crippen LogP contribution >= 0.6 is 0 Å². The highest BCUT2D eigenvalue weighted by Crippen LogP contribution is 2.18. The number of aryl methyl sites for hydroxylation is 1. The normalized spacial score (nSPS) is 12.3. The SMILES string of the molecule is C[C@H](NS(=O)(=O)c1ccc(CCC(=O)Nc2ccccc2)cc1)c1ccccc1. The number of para-hydroxylation sites is 1. The van der Waals surface area contributed by atoms with Crippen LogP contribution in [0.25, 0.3) is 0 Å². The molecule has 0 spiro atoms. The third kappa shape index (κ3) is 6.01. The summed E-state index contributed by atoms with van der Waals surface area (Å²) >= 11 is 0. The lowest BCUT2D eigenvalue weighted by Gasteiger charge is -2.15. The molecule has 1 atom stereocenters. The predicted molar refractivity (Wildman–Crippen MR) is 115 cm³/mol. The lowest BCUT2D eigenvalue weighted by Crippen LogP contribution is -2.26. The summed E-state index contributed by atoms with van der Waals surface area (Å²) in [6.45, 7) is 1.81. The van der Waals surface area contributed by atoms with Gasteiger partial charge in [-0.05, 0) is 48.7 Å². The van der Waals surface area contributed by atoms with Gasteiger partial charge in [0.2, 0.25) is 15.9 Å². The molecule has 2 N–H and O–H groups in total. The molecule has 0 heterocycles. The van der Waals surface area contributed by atoms with Gasteiger partial charge in [-0.3, -0.25) is 4.79 Å². The minimum atomic E-state index is -3.63. The third-order valence-corrected chi connectivity index (χ3v) is 6.12. The zero-order chi connectivity index (χ0) is 20.7. The molecule has 150 valence electrons. The minimum Gasteiger partial charge on any atom is -0.326 e. The van der Waals surface area contributed by atoms with Crippen molar-refractivity contribution < 1.29 is 13.2 Å². The molecule has 29 heavy (non-hydrogen) atoms. The number of benzene rings is 3. The van der Waals surface area contributed by atoms with Crippen LogP contribution in [-0.2, 0) is 21.2 Å². The van der Waals surface area contributed by atoms with Crippen LogP contribution in [0.2, 0.25) is 0 Å². The number of hydrogen-bond donors (Lipinski definition) is 2. The van der Waals surface area contributed by atoms with Crippen LogP contribution in [0.3, 0.4) is 0 Å². The van der Waals surface area contributed by atoms with Crippen molar-refractivity contribution in [3.63, 3.8) is 0 Å². The summed E-state index contributed by atoms with van der Waals surface area (Å²) < 4.78 is 27.9. The number of hydrogen-bond acceptors (Lipinski definition) is 3. The molecule has 0 aliphatic heterocycles. The van der Waals surface area contributed by atoms with Crippen LogP contribution in [0.1, 0.15) is 30.5 Å². The largest absolute Gasteiger partial charge is 0.326 e. The molecule has 3 rings (SSSR count). The summed E-state index contributed by atoms with van der Waals surface area (Å²) in [5.74, 6) is -0.0775. The molecule has 6 heteroatoms. The molecular weight excluding hydrogens is 384 g/mol. The fourth-order valence-corrected chi connectivity index (χ4v) is 4.18. The van der Waals surface area contributed by atoms with Crippen molar-refractivity contribution in [3.8, 4) is 0 Å². The van der Waals surface area contributed by atoms with Gasteiger partial charge in [0, 0.05) is 18.2 Å². The maximum absolute atomic E-state index is 12.6. The van der Waals surface area contributed by atoms with Crippen LogP contribution in [0.4, 0.5) is 5.69 Å². The summed E-state index contributed by atoms with van der Waals surface area (Å²) in [7, 11) is -3.63. The highest BCUT2D eigenvalue weighted by Gasteiger charge is 2.18. The molecule has 0 aliphatic rings. The van der Waals surface area contributed by atoms with Crippen molar-refractivity contribution >= 4 is 21.6 Å². The van der Waals surface area contributed by atoms with Crippen molar-refractivity contribution in [3.05, 3.63) is 96.1 Å². The van der Waals surface area contributed by atoms with E-state index < -0.39 is 10.0 Å². The van der Waals surface area contributed by atoms with Crippen LogP contribution in [0.15, 0.2) is 89.8 Å². The number of rotatable bonds is 8. The topological polar surface area (TPSA) is 75.3 Å².